The molecule has 112 valence electrons. The van der Waals surface area contributed by atoms with Gasteiger partial charge in [0.1, 0.15) is 5.75 Å². The van der Waals surface area contributed by atoms with Gasteiger partial charge in [-0.2, -0.15) is 0 Å². The number of oxime groups is 1. The molecular formula is C17H16N2O3. The lowest BCUT2D eigenvalue weighted by Gasteiger charge is -2.16. The maximum absolute atomic E-state index is 12.2. The Hall–Kier alpha value is -2.82. The minimum atomic E-state index is -0.127. The predicted octanol–water partition coefficient (Wildman–Crippen LogP) is 2.33. The summed E-state index contributed by atoms with van der Waals surface area (Å²) >= 11 is 0. The summed E-state index contributed by atoms with van der Waals surface area (Å²) in [5.41, 5.74) is 2.66. The number of para-hydroxylation sites is 2. The van der Waals surface area contributed by atoms with Gasteiger partial charge in [0.05, 0.1) is 6.21 Å². The minimum Gasteiger partial charge on any atom is -0.507 e. The van der Waals surface area contributed by atoms with E-state index in [1.54, 1.807) is 29.2 Å². The molecule has 2 aromatic carbocycles. The molecule has 1 aliphatic rings. The van der Waals surface area contributed by atoms with Crippen LogP contribution in [0, 0.1) is 0 Å². The van der Waals surface area contributed by atoms with Gasteiger partial charge in [0.15, 0.2) is 6.61 Å². The molecule has 1 aliphatic heterocycles. The second-order valence-corrected chi connectivity index (χ2v) is 4.99. The third kappa shape index (κ3) is 2.93. The Labute approximate surface area is 128 Å². The third-order valence-corrected chi connectivity index (χ3v) is 3.58. The lowest BCUT2D eigenvalue weighted by atomic mass is 10.2. The molecule has 5 heteroatoms. The highest BCUT2D eigenvalue weighted by Crippen LogP contribution is 2.27. The van der Waals surface area contributed by atoms with E-state index in [0.717, 1.165) is 12.1 Å². The molecule has 5 nitrogen and oxygen atoms in total. The van der Waals surface area contributed by atoms with E-state index in [1.165, 1.54) is 11.8 Å². The Morgan fingerprint density at radius 3 is 2.86 bits per heavy atom. The molecule has 0 radical (unpaired) electrons. The molecule has 2 aromatic rings. The lowest BCUT2D eigenvalue weighted by molar-refractivity contribution is -0.122. The van der Waals surface area contributed by atoms with Crippen molar-refractivity contribution in [2.45, 2.75) is 6.42 Å². The number of rotatable bonds is 4. The zero-order valence-corrected chi connectivity index (χ0v) is 12.0. The van der Waals surface area contributed by atoms with Crippen LogP contribution in [0.4, 0.5) is 5.69 Å². The van der Waals surface area contributed by atoms with Crippen molar-refractivity contribution in [3.05, 3.63) is 59.7 Å². The molecule has 0 spiro atoms. The second kappa shape index (κ2) is 6.30. The summed E-state index contributed by atoms with van der Waals surface area (Å²) < 4.78 is 0. The minimum absolute atomic E-state index is 0.120. The van der Waals surface area contributed by atoms with Gasteiger partial charge >= 0.3 is 0 Å². The molecular weight excluding hydrogens is 280 g/mol. The largest absolute Gasteiger partial charge is 0.507 e. The number of benzene rings is 2. The van der Waals surface area contributed by atoms with Crippen LogP contribution in [0.3, 0.4) is 0 Å². The van der Waals surface area contributed by atoms with Gasteiger partial charge < -0.3 is 14.8 Å². The molecule has 1 heterocycles. The average molecular weight is 296 g/mol. The van der Waals surface area contributed by atoms with Crippen LogP contribution in [0.15, 0.2) is 53.7 Å². The van der Waals surface area contributed by atoms with E-state index in [9.17, 15) is 9.90 Å². The highest BCUT2D eigenvalue weighted by atomic mass is 16.6. The summed E-state index contributed by atoms with van der Waals surface area (Å²) in [5, 5.41) is 13.3. The van der Waals surface area contributed by atoms with Crippen molar-refractivity contribution < 1.29 is 14.7 Å². The number of phenols is 1. The molecule has 0 aliphatic carbocycles. The Morgan fingerprint density at radius 2 is 2.00 bits per heavy atom. The van der Waals surface area contributed by atoms with Gasteiger partial charge in [-0.3, -0.25) is 4.79 Å². The van der Waals surface area contributed by atoms with Crippen LogP contribution in [-0.4, -0.2) is 30.4 Å². The van der Waals surface area contributed by atoms with Gasteiger partial charge in [-0.1, -0.05) is 35.5 Å². The maximum Gasteiger partial charge on any atom is 0.267 e. The van der Waals surface area contributed by atoms with E-state index >= 15 is 0 Å². The molecule has 0 bridgehead atoms. The molecule has 0 saturated carbocycles. The molecule has 1 amide bonds. The van der Waals surface area contributed by atoms with E-state index < -0.39 is 0 Å². The molecule has 3 rings (SSSR count). The van der Waals surface area contributed by atoms with E-state index in [-0.39, 0.29) is 18.3 Å². The van der Waals surface area contributed by atoms with Crippen LogP contribution in [0.2, 0.25) is 0 Å². The fourth-order valence-electron chi connectivity index (χ4n) is 2.46. The topological polar surface area (TPSA) is 62.1 Å². The van der Waals surface area contributed by atoms with Crippen molar-refractivity contribution >= 4 is 17.8 Å². The maximum atomic E-state index is 12.2. The first-order valence-corrected chi connectivity index (χ1v) is 7.07. The number of amides is 1. The first-order chi connectivity index (χ1) is 10.8. The quantitative estimate of drug-likeness (QED) is 0.696. The highest BCUT2D eigenvalue weighted by Gasteiger charge is 2.24. The molecule has 1 N–H and O–H groups in total. The van der Waals surface area contributed by atoms with E-state index in [1.807, 2.05) is 24.3 Å². The zero-order valence-electron chi connectivity index (χ0n) is 12.0. The number of aromatic hydroxyl groups is 1. The van der Waals surface area contributed by atoms with Crippen LogP contribution in [0.25, 0.3) is 0 Å². The number of nitrogens with zero attached hydrogens (tertiary/aromatic N) is 2. The monoisotopic (exact) mass is 296 g/mol. The Kier molecular flexibility index (Phi) is 4.05. The summed E-state index contributed by atoms with van der Waals surface area (Å²) in [4.78, 5) is 18.9. The number of hydrogen-bond donors (Lipinski definition) is 1. The average Bonchev–Trinajstić information content (AvgIpc) is 2.97. The molecule has 0 unspecified atom stereocenters. The van der Waals surface area contributed by atoms with Gasteiger partial charge in [0.25, 0.3) is 5.91 Å². The smallest absolute Gasteiger partial charge is 0.267 e. The lowest BCUT2D eigenvalue weighted by Crippen LogP contribution is -2.31. The van der Waals surface area contributed by atoms with Gasteiger partial charge in [-0.05, 0) is 30.2 Å². The van der Waals surface area contributed by atoms with Crippen molar-refractivity contribution in [1.82, 2.24) is 0 Å². The third-order valence-electron chi connectivity index (χ3n) is 3.58. The molecule has 0 fully saturated rings. The van der Waals surface area contributed by atoms with Gasteiger partial charge in [-0.25, -0.2) is 0 Å². The molecule has 0 saturated heterocycles. The van der Waals surface area contributed by atoms with Crippen molar-refractivity contribution in [3.8, 4) is 5.75 Å². The summed E-state index contributed by atoms with van der Waals surface area (Å²) in [7, 11) is 0. The number of phenolic OH excluding ortho intramolecular Hbond substituents is 1. The van der Waals surface area contributed by atoms with Crippen LogP contribution in [-0.2, 0) is 16.1 Å². The summed E-state index contributed by atoms with van der Waals surface area (Å²) in [6.07, 6.45) is 2.25. The Bertz CT molecular complexity index is 713. The number of fused-ring (bicyclic) bond motifs is 1. The Morgan fingerprint density at radius 1 is 1.23 bits per heavy atom. The SMILES string of the molecule is O=C(CON=Cc1ccccc1O)N1CCc2ccccc21. The van der Waals surface area contributed by atoms with Crippen molar-refractivity contribution in [3.63, 3.8) is 0 Å². The van der Waals surface area contributed by atoms with E-state index in [0.29, 0.717) is 12.1 Å². The number of hydrogen-bond acceptors (Lipinski definition) is 4. The normalized spacial score (nSPS) is 13.4. The van der Waals surface area contributed by atoms with E-state index in [2.05, 4.69) is 5.16 Å². The number of carbonyl (C=O) groups is 1. The number of anilines is 1. The Balaban J connectivity index is 1.57. The zero-order chi connectivity index (χ0) is 15.4. The molecule has 0 atom stereocenters. The van der Waals surface area contributed by atoms with Gasteiger partial charge in [-0.15, -0.1) is 0 Å². The summed E-state index contributed by atoms with van der Waals surface area (Å²) in [5.74, 6) is -0.00553. The molecule has 0 aromatic heterocycles. The summed E-state index contributed by atoms with van der Waals surface area (Å²) in [6, 6.07) is 14.6. The van der Waals surface area contributed by atoms with Crippen LogP contribution < -0.4 is 4.90 Å². The fourth-order valence-corrected chi connectivity index (χ4v) is 2.46. The van der Waals surface area contributed by atoms with Crippen molar-refractivity contribution in [1.29, 1.82) is 0 Å². The first kappa shape index (κ1) is 14.1. The van der Waals surface area contributed by atoms with Gasteiger partial charge in [0, 0.05) is 17.8 Å². The van der Waals surface area contributed by atoms with E-state index in [4.69, 9.17) is 4.84 Å². The van der Waals surface area contributed by atoms with Crippen LogP contribution >= 0.6 is 0 Å². The standard InChI is InChI=1S/C17H16N2O3/c20-16-8-4-2-6-14(16)11-18-22-12-17(21)19-10-9-13-5-1-3-7-15(13)19/h1-8,11,20H,9-10,12H2. The predicted molar refractivity (Wildman–Crippen MR) is 84.2 cm³/mol. The fraction of sp³-hybridized carbons (Fsp3) is 0.176. The summed E-state index contributed by atoms with van der Waals surface area (Å²) in [6.45, 7) is 0.545. The number of carbonyl (C=O) groups excluding carboxylic acids is 1. The molecule has 22 heavy (non-hydrogen) atoms. The second-order valence-electron chi connectivity index (χ2n) is 4.99. The highest BCUT2D eigenvalue weighted by molar-refractivity contribution is 5.96. The van der Waals surface area contributed by atoms with Crippen molar-refractivity contribution in [2.75, 3.05) is 18.1 Å². The first-order valence-electron chi connectivity index (χ1n) is 7.07. The van der Waals surface area contributed by atoms with Crippen LogP contribution in [0.5, 0.6) is 5.75 Å². The van der Waals surface area contributed by atoms with Gasteiger partial charge in [0.2, 0.25) is 0 Å². The van der Waals surface area contributed by atoms with Crippen molar-refractivity contribution in [2.24, 2.45) is 5.16 Å². The van der Waals surface area contributed by atoms with Crippen LogP contribution in [0.1, 0.15) is 11.1 Å².